The Labute approximate surface area is 241 Å². The highest BCUT2D eigenvalue weighted by Gasteiger charge is 2.19. The molecule has 0 saturated carbocycles. The molecule has 1 fully saturated rings. The topological polar surface area (TPSA) is 100 Å². The number of carbonyl (C=O) groups excluding carboxylic acids is 1. The predicted octanol–water partition coefficient (Wildman–Crippen LogP) is 6.45. The first-order valence-electron chi connectivity index (χ1n) is 14.7. The minimum absolute atomic E-state index is 0.0627. The molecule has 4 aromatic rings. The molecule has 0 radical (unpaired) electrons. The number of oxime groups is 1. The Kier molecular flexibility index (Phi) is 9.51. The molecule has 0 amide bonds. The van der Waals surface area contributed by atoms with Crippen LogP contribution in [0.3, 0.4) is 0 Å². The monoisotopic (exact) mass is 556 g/mol. The summed E-state index contributed by atoms with van der Waals surface area (Å²) in [5, 5.41) is 16.5. The van der Waals surface area contributed by atoms with Crippen LogP contribution in [0.1, 0.15) is 56.6 Å². The first kappa shape index (κ1) is 28.6. The van der Waals surface area contributed by atoms with Gasteiger partial charge in [0.2, 0.25) is 0 Å². The van der Waals surface area contributed by atoms with Crippen LogP contribution >= 0.6 is 0 Å². The molecular weight excluding hydrogens is 516 g/mol. The fraction of sp³-hybridized carbons (Fsp3) is 0.424. The number of piperidine rings is 1. The number of benzene rings is 2. The largest absolute Gasteiger partial charge is 0.494 e. The van der Waals surface area contributed by atoms with Crippen LogP contribution < -0.4 is 0 Å². The Bertz CT molecular complexity index is 1500. The lowest BCUT2D eigenvalue weighted by atomic mass is 9.91. The molecule has 0 atom stereocenters. The SMILES string of the molecule is CCOC(=O)CCCC1CCN(CCCc2ccc3nc(-c4c(O)[nH]c5cc(/C=N/OC)ccc45)ccc3c2)CC1. The third-order valence-corrected chi connectivity index (χ3v) is 8.07. The van der Waals surface area contributed by atoms with Crippen molar-refractivity contribution in [2.75, 3.05) is 33.4 Å². The number of rotatable bonds is 12. The van der Waals surface area contributed by atoms with E-state index in [0.717, 1.165) is 84.3 Å². The van der Waals surface area contributed by atoms with Crippen LogP contribution in [0.2, 0.25) is 0 Å². The van der Waals surface area contributed by atoms with Gasteiger partial charge < -0.3 is 24.6 Å². The van der Waals surface area contributed by atoms with Crippen molar-refractivity contribution >= 4 is 34.0 Å². The Balaban J connectivity index is 1.14. The molecule has 3 heterocycles. The maximum Gasteiger partial charge on any atom is 0.305 e. The zero-order chi connectivity index (χ0) is 28.6. The summed E-state index contributed by atoms with van der Waals surface area (Å²) in [6.45, 7) is 5.74. The van der Waals surface area contributed by atoms with Gasteiger partial charge in [0, 0.05) is 22.7 Å². The van der Waals surface area contributed by atoms with Gasteiger partial charge in [0.1, 0.15) is 7.11 Å². The summed E-state index contributed by atoms with van der Waals surface area (Å²) in [5.74, 6) is 0.773. The number of hydrogen-bond acceptors (Lipinski definition) is 7. The number of esters is 1. The van der Waals surface area contributed by atoms with Crippen molar-refractivity contribution in [1.82, 2.24) is 14.9 Å². The van der Waals surface area contributed by atoms with Gasteiger partial charge in [0.25, 0.3) is 0 Å². The molecule has 8 heteroatoms. The van der Waals surface area contributed by atoms with Crippen molar-refractivity contribution < 1.29 is 19.5 Å². The Hall–Kier alpha value is -3.91. The third kappa shape index (κ3) is 7.24. The predicted molar refractivity (Wildman–Crippen MR) is 163 cm³/mol. The van der Waals surface area contributed by atoms with Crippen LogP contribution in [0.4, 0.5) is 0 Å². The summed E-state index contributed by atoms with van der Waals surface area (Å²) in [4.78, 5) is 26.8. The molecule has 5 rings (SSSR count). The molecule has 41 heavy (non-hydrogen) atoms. The summed E-state index contributed by atoms with van der Waals surface area (Å²) in [6.07, 6.45) is 8.86. The molecule has 0 unspecified atom stereocenters. The van der Waals surface area contributed by atoms with Gasteiger partial charge in [-0.1, -0.05) is 29.4 Å². The van der Waals surface area contributed by atoms with Crippen molar-refractivity contribution in [3.8, 4) is 17.1 Å². The van der Waals surface area contributed by atoms with E-state index in [-0.39, 0.29) is 11.8 Å². The van der Waals surface area contributed by atoms with E-state index in [2.05, 4.69) is 39.3 Å². The van der Waals surface area contributed by atoms with Gasteiger partial charge in [-0.25, -0.2) is 4.98 Å². The van der Waals surface area contributed by atoms with Gasteiger partial charge >= 0.3 is 5.97 Å². The van der Waals surface area contributed by atoms with E-state index in [1.54, 1.807) is 6.21 Å². The van der Waals surface area contributed by atoms with Crippen molar-refractivity contribution in [1.29, 1.82) is 0 Å². The van der Waals surface area contributed by atoms with Crippen LogP contribution in [0, 0.1) is 5.92 Å². The van der Waals surface area contributed by atoms with Crippen LogP contribution in [0.5, 0.6) is 5.88 Å². The van der Waals surface area contributed by atoms with Crippen molar-refractivity contribution in [2.45, 2.75) is 51.9 Å². The molecular formula is C33H40N4O4. The number of likely N-dealkylation sites (tertiary alicyclic amines) is 1. The second-order valence-corrected chi connectivity index (χ2v) is 10.9. The van der Waals surface area contributed by atoms with Gasteiger partial charge in [-0.15, -0.1) is 0 Å². The number of carbonyl (C=O) groups is 1. The highest BCUT2D eigenvalue weighted by Crippen LogP contribution is 2.36. The lowest BCUT2D eigenvalue weighted by Crippen LogP contribution is -2.34. The smallest absolute Gasteiger partial charge is 0.305 e. The summed E-state index contributed by atoms with van der Waals surface area (Å²) in [6, 6.07) is 16.4. The normalized spacial score (nSPS) is 14.8. The zero-order valence-corrected chi connectivity index (χ0v) is 24.1. The lowest BCUT2D eigenvalue weighted by molar-refractivity contribution is -0.143. The molecule has 216 valence electrons. The number of nitrogens with one attached hydrogen (secondary N) is 1. The van der Waals surface area contributed by atoms with Crippen molar-refractivity contribution in [3.05, 3.63) is 59.7 Å². The van der Waals surface area contributed by atoms with E-state index in [4.69, 9.17) is 14.6 Å². The van der Waals surface area contributed by atoms with E-state index in [1.165, 1.54) is 25.5 Å². The molecule has 2 aromatic heterocycles. The number of aromatic amines is 1. The quantitative estimate of drug-likeness (QED) is 0.118. The fourth-order valence-electron chi connectivity index (χ4n) is 5.90. The number of fused-ring (bicyclic) bond motifs is 2. The van der Waals surface area contributed by atoms with Crippen LogP contribution in [0.15, 0.2) is 53.7 Å². The van der Waals surface area contributed by atoms with Gasteiger partial charge in [-0.2, -0.15) is 0 Å². The standard InChI is InChI=1S/C33H40N4O4/c1-3-41-31(38)8-4-6-23-15-18-37(19-16-23)17-5-7-24-10-13-28-26(20-24)11-14-29(35-28)32-27-12-9-25(22-34-40-2)21-30(27)36-33(32)39/h9-14,20-23,36,39H,3-8,15-19H2,1-2H3/b34-22+. The molecule has 2 N–H and O–H groups in total. The number of pyridine rings is 1. The van der Waals surface area contributed by atoms with Gasteiger partial charge in [-0.3, -0.25) is 4.79 Å². The van der Waals surface area contributed by atoms with Crippen LogP contribution in [-0.2, 0) is 20.8 Å². The lowest BCUT2D eigenvalue weighted by Gasteiger charge is -2.32. The summed E-state index contributed by atoms with van der Waals surface area (Å²) in [5.41, 5.74) is 5.35. The highest BCUT2D eigenvalue weighted by molar-refractivity contribution is 6.01. The van der Waals surface area contributed by atoms with Crippen molar-refractivity contribution in [2.24, 2.45) is 11.1 Å². The van der Waals surface area contributed by atoms with Gasteiger partial charge in [0.15, 0.2) is 5.88 Å². The first-order valence-corrected chi connectivity index (χ1v) is 14.7. The molecule has 0 aliphatic carbocycles. The second-order valence-electron chi connectivity index (χ2n) is 10.9. The van der Waals surface area contributed by atoms with Gasteiger partial charge in [0.05, 0.1) is 29.6 Å². The number of aromatic hydroxyl groups is 1. The minimum atomic E-state index is -0.0627. The van der Waals surface area contributed by atoms with Crippen LogP contribution in [-0.4, -0.2) is 65.5 Å². The van der Waals surface area contributed by atoms with E-state index < -0.39 is 0 Å². The molecule has 1 aliphatic heterocycles. The zero-order valence-electron chi connectivity index (χ0n) is 24.1. The Morgan fingerprint density at radius 1 is 1.15 bits per heavy atom. The molecule has 0 bridgehead atoms. The van der Waals surface area contributed by atoms with E-state index >= 15 is 0 Å². The maximum absolute atomic E-state index is 11.5. The third-order valence-electron chi connectivity index (χ3n) is 8.07. The van der Waals surface area contributed by atoms with Crippen molar-refractivity contribution in [3.63, 3.8) is 0 Å². The molecule has 0 spiro atoms. The molecule has 1 aliphatic rings. The number of hydrogen-bond donors (Lipinski definition) is 2. The molecule has 1 saturated heterocycles. The average Bonchev–Trinajstić information content (AvgIpc) is 3.31. The van der Waals surface area contributed by atoms with Crippen LogP contribution in [0.25, 0.3) is 33.1 Å². The molecule has 8 nitrogen and oxygen atoms in total. The summed E-state index contributed by atoms with van der Waals surface area (Å²) >= 11 is 0. The number of aromatic nitrogens is 2. The van der Waals surface area contributed by atoms with E-state index in [9.17, 15) is 9.90 Å². The Morgan fingerprint density at radius 3 is 2.80 bits per heavy atom. The fourth-order valence-corrected chi connectivity index (χ4v) is 5.90. The number of nitrogens with zero attached hydrogens (tertiary/aromatic N) is 3. The van der Waals surface area contributed by atoms with Gasteiger partial charge in [-0.05, 0) is 106 Å². The number of H-pyrrole nitrogens is 1. The number of aryl methyl sites for hydroxylation is 1. The minimum Gasteiger partial charge on any atom is -0.494 e. The summed E-state index contributed by atoms with van der Waals surface area (Å²) < 4.78 is 5.04. The average molecular weight is 557 g/mol. The molecule has 2 aromatic carbocycles. The number of ether oxygens (including phenoxy) is 1. The van der Waals surface area contributed by atoms with E-state index in [1.807, 2.05) is 31.2 Å². The first-order chi connectivity index (χ1) is 20.0. The van der Waals surface area contributed by atoms with E-state index in [0.29, 0.717) is 18.6 Å². The second kappa shape index (κ2) is 13.6. The highest BCUT2D eigenvalue weighted by atomic mass is 16.6. The Morgan fingerprint density at radius 2 is 2.00 bits per heavy atom. The maximum atomic E-state index is 11.5. The summed E-state index contributed by atoms with van der Waals surface area (Å²) in [7, 11) is 1.51.